The summed E-state index contributed by atoms with van der Waals surface area (Å²) >= 11 is 0. The Hall–Kier alpha value is -3.22. The Labute approximate surface area is 151 Å². The zero-order chi connectivity index (χ0) is 18.5. The van der Waals surface area contributed by atoms with Crippen molar-refractivity contribution in [3.63, 3.8) is 0 Å². The Balaban J connectivity index is 1.66. The number of benzene rings is 1. The van der Waals surface area contributed by atoms with E-state index < -0.39 is 0 Å². The van der Waals surface area contributed by atoms with Gasteiger partial charge < -0.3 is 10.1 Å². The molecule has 7 nitrogen and oxygen atoms in total. The van der Waals surface area contributed by atoms with Gasteiger partial charge in [-0.05, 0) is 44.2 Å². The van der Waals surface area contributed by atoms with E-state index in [2.05, 4.69) is 20.5 Å². The smallest absolute Gasteiger partial charge is 0.348 e. The molecule has 2 heterocycles. The first-order valence-corrected chi connectivity index (χ1v) is 8.34. The first kappa shape index (κ1) is 17.6. The van der Waals surface area contributed by atoms with Crippen LogP contribution in [0.4, 0.5) is 5.82 Å². The van der Waals surface area contributed by atoms with Gasteiger partial charge in [0.25, 0.3) is 0 Å². The van der Waals surface area contributed by atoms with E-state index in [1.54, 1.807) is 11.7 Å². The van der Waals surface area contributed by atoms with E-state index in [9.17, 15) is 4.79 Å². The fourth-order valence-electron chi connectivity index (χ4n) is 2.77. The number of nitrogens with one attached hydrogen (secondary N) is 1. The highest BCUT2D eigenvalue weighted by atomic mass is 16.5. The second kappa shape index (κ2) is 7.77. The first-order valence-electron chi connectivity index (χ1n) is 8.34. The van der Waals surface area contributed by atoms with Crippen LogP contribution in [0.3, 0.4) is 0 Å². The summed E-state index contributed by atoms with van der Waals surface area (Å²) in [5, 5.41) is 11.6. The van der Waals surface area contributed by atoms with Gasteiger partial charge in [0.15, 0.2) is 0 Å². The zero-order valence-electron chi connectivity index (χ0n) is 15.1. The van der Waals surface area contributed by atoms with Crippen LogP contribution in [0.15, 0.2) is 47.3 Å². The Kier molecular flexibility index (Phi) is 5.26. The molecule has 3 aromatic rings. The number of aromatic nitrogens is 4. The average molecular weight is 351 g/mol. The van der Waals surface area contributed by atoms with Crippen LogP contribution >= 0.6 is 0 Å². The normalized spacial score (nSPS) is 10.6. The maximum atomic E-state index is 11.9. The van der Waals surface area contributed by atoms with E-state index >= 15 is 0 Å². The molecule has 0 spiro atoms. The van der Waals surface area contributed by atoms with Crippen LogP contribution in [0.1, 0.15) is 11.4 Å². The lowest BCUT2D eigenvalue weighted by Crippen LogP contribution is -2.28. The molecule has 1 aromatic carbocycles. The molecule has 0 amide bonds. The van der Waals surface area contributed by atoms with Crippen molar-refractivity contribution in [3.8, 4) is 17.0 Å². The molecule has 0 atom stereocenters. The van der Waals surface area contributed by atoms with Crippen molar-refractivity contribution in [1.82, 2.24) is 19.7 Å². The van der Waals surface area contributed by atoms with E-state index in [1.165, 1.54) is 0 Å². The maximum Gasteiger partial charge on any atom is 0.348 e. The quantitative estimate of drug-likeness (QED) is 0.734. The van der Waals surface area contributed by atoms with Crippen LogP contribution in [0.2, 0.25) is 0 Å². The van der Waals surface area contributed by atoms with Crippen LogP contribution in [0.5, 0.6) is 5.75 Å². The highest BCUT2D eigenvalue weighted by Gasteiger charge is 2.07. The molecular weight excluding hydrogens is 330 g/mol. The zero-order valence-corrected chi connectivity index (χ0v) is 15.1. The molecule has 134 valence electrons. The fraction of sp³-hybridized carbons (Fsp3) is 0.263. The van der Waals surface area contributed by atoms with E-state index in [1.807, 2.05) is 56.3 Å². The monoisotopic (exact) mass is 351 g/mol. The minimum Gasteiger partial charge on any atom is -0.496 e. The van der Waals surface area contributed by atoms with Crippen molar-refractivity contribution >= 4 is 5.82 Å². The Morgan fingerprint density at radius 2 is 1.92 bits per heavy atom. The molecule has 2 aromatic heterocycles. The van der Waals surface area contributed by atoms with Crippen LogP contribution in [-0.2, 0) is 6.54 Å². The molecule has 1 N–H and O–H groups in total. The SMILES string of the molecule is COc1ccccc1-c1ccc(NCCn2c(C)cc(C)nc2=O)nn1. The van der Waals surface area contributed by atoms with Crippen LogP contribution < -0.4 is 15.7 Å². The molecule has 0 aliphatic carbocycles. The predicted octanol–water partition coefficient (Wildman–Crippen LogP) is 2.44. The molecular formula is C19H21N5O2. The van der Waals surface area contributed by atoms with Gasteiger partial charge >= 0.3 is 5.69 Å². The highest BCUT2D eigenvalue weighted by Crippen LogP contribution is 2.27. The summed E-state index contributed by atoms with van der Waals surface area (Å²) < 4.78 is 6.99. The van der Waals surface area contributed by atoms with Crippen LogP contribution in [0, 0.1) is 13.8 Å². The predicted molar refractivity (Wildman–Crippen MR) is 100 cm³/mol. The molecule has 26 heavy (non-hydrogen) atoms. The second-order valence-corrected chi connectivity index (χ2v) is 5.90. The molecule has 0 bridgehead atoms. The topological polar surface area (TPSA) is 81.9 Å². The van der Waals surface area contributed by atoms with E-state index in [0.29, 0.717) is 18.9 Å². The van der Waals surface area contributed by atoms with Crippen LogP contribution in [0.25, 0.3) is 11.3 Å². The van der Waals surface area contributed by atoms with Crippen molar-refractivity contribution in [1.29, 1.82) is 0 Å². The third-order valence-electron chi connectivity index (χ3n) is 4.04. The number of aryl methyl sites for hydroxylation is 2. The van der Waals surface area contributed by atoms with Gasteiger partial charge in [0.2, 0.25) is 0 Å². The summed E-state index contributed by atoms with van der Waals surface area (Å²) in [7, 11) is 1.63. The molecule has 3 rings (SSSR count). The molecule has 0 saturated carbocycles. The summed E-state index contributed by atoms with van der Waals surface area (Å²) in [6, 6.07) is 13.3. The molecule has 0 aliphatic heterocycles. The lowest BCUT2D eigenvalue weighted by Gasteiger charge is -2.11. The average Bonchev–Trinajstić information content (AvgIpc) is 2.64. The van der Waals surface area contributed by atoms with Gasteiger partial charge in [-0.1, -0.05) is 12.1 Å². The van der Waals surface area contributed by atoms with E-state index in [0.717, 1.165) is 28.4 Å². The van der Waals surface area contributed by atoms with Crippen molar-refractivity contribution in [2.75, 3.05) is 19.0 Å². The fourth-order valence-corrected chi connectivity index (χ4v) is 2.77. The summed E-state index contributed by atoms with van der Waals surface area (Å²) in [4.78, 5) is 15.9. The number of anilines is 1. The largest absolute Gasteiger partial charge is 0.496 e. The van der Waals surface area contributed by atoms with Crippen molar-refractivity contribution < 1.29 is 4.74 Å². The number of hydrogen-bond donors (Lipinski definition) is 1. The standard InChI is InChI=1S/C19H21N5O2/c1-13-12-14(2)24(19(25)21-13)11-10-20-18-9-8-16(22-23-18)15-6-4-5-7-17(15)26-3/h4-9,12H,10-11H2,1-3H3,(H,20,23). The van der Waals surface area contributed by atoms with Gasteiger partial charge in [-0.15, -0.1) is 10.2 Å². The van der Waals surface area contributed by atoms with Crippen molar-refractivity contribution in [3.05, 3.63) is 64.3 Å². The number of para-hydroxylation sites is 1. The molecule has 0 aliphatic rings. The third kappa shape index (κ3) is 3.88. The summed E-state index contributed by atoms with van der Waals surface area (Å²) in [6.07, 6.45) is 0. The van der Waals surface area contributed by atoms with E-state index in [-0.39, 0.29) is 5.69 Å². The Morgan fingerprint density at radius 3 is 2.62 bits per heavy atom. The molecule has 0 unspecified atom stereocenters. The first-order chi connectivity index (χ1) is 12.6. The van der Waals surface area contributed by atoms with Gasteiger partial charge in [-0.2, -0.15) is 4.98 Å². The van der Waals surface area contributed by atoms with Crippen molar-refractivity contribution in [2.24, 2.45) is 0 Å². The third-order valence-corrected chi connectivity index (χ3v) is 4.04. The lowest BCUT2D eigenvalue weighted by atomic mass is 10.1. The van der Waals surface area contributed by atoms with Gasteiger partial charge in [0.05, 0.1) is 12.8 Å². The molecule has 0 fully saturated rings. The van der Waals surface area contributed by atoms with Crippen LogP contribution in [-0.4, -0.2) is 33.4 Å². The minimum atomic E-state index is -0.234. The lowest BCUT2D eigenvalue weighted by molar-refractivity contribution is 0.416. The number of ether oxygens (including phenoxy) is 1. The minimum absolute atomic E-state index is 0.234. The van der Waals surface area contributed by atoms with Crippen molar-refractivity contribution in [2.45, 2.75) is 20.4 Å². The summed E-state index contributed by atoms with van der Waals surface area (Å²) in [5.41, 5.74) is 3.02. The number of nitrogens with zero attached hydrogens (tertiary/aromatic N) is 4. The van der Waals surface area contributed by atoms with Gasteiger partial charge in [0, 0.05) is 30.0 Å². The Bertz CT molecular complexity index is 951. The van der Waals surface area contributed by atoms with Gasteiger partial charge in [0.1, 0.15) is 11.6 Å². The van der Waals surface area contributed by atoms with Gasteiger partial charge in [-0.3, -0.25) is 4.57 Å². The van der Waals surface area contributed by atoms with E-state index in [4.69, 9.17) is 4.74 Å². The molecule has 7 heteroatoms. The molecule has 0 saturated heterocycles. The second-order valence-electron chi connectivity index (χ2n) is 5.90. The number of rotatable bonds is 6. The molecule has 0 radical (unpaired) electrons. The maximum absolute atomic E-state index is 11.9. The number of methoxy groups -OCH3 is 1. The highest BCUT2D eigenvalue weighted by molar-refractivity contribution is 5.67. The number of hydrogen-bond acceptors (Lipinski definition) is 6. The summed E-state index contributed by atoms with van der Waals surface area (Å²) in [5.74, 6) is 1.40. The van der Waals surface area contributed by atoms with Gasteiger partial charge in [-0.25, -0.2) is 4.79 Å². The summed E-state index contributed by atoms with van der Waals surface area (Å²) in [6.45, 7) is 4.77. The Morgan fingerprint density at radius 1 is 1.12 bits per heavy atom.